The van der Waals surface area contributed by atoms with E-state index >= 15 is 4.39 Å². The molecule has 1 saturated heterocycles. The summed E-state index contributed by atoms with van der Waals surface area (Å²) in [5, 5.41) is 8.20. The Kier molecular flexibility index (Phi) is 10.7. The van der Waals surface area contributed by atoms with Crippen LogP contribution in [0.4, 0.5) is 29.5 Å². The summed E-state index contributed by atoms with van der Waals surface area (Å²) in [4.78, 5) is 17.8. The van der Waals surface area contributed by atoms with Crippen LogP contribution in [0, 0.1) is 17.5 Å². The van der Waals surface area contributed by atoms with Crippen molar-refractivity contribution in [2.24, 2.45) is 0 Å². The minimum absolute atomic E-state index is 0.0365. The quantitative estimate of drug-likeness (QED) is 0.175. The van der Waals surface area contributed by atoms with Crippen LogP contribution in [0.3, 0.4) is 0 Å². The van der Waals surface area contributed by atoms with Crippen molar-refractivity contribution in [3.63, 3.8) is 0 Å². The van der Waals surface area contributed by atoms with E-state index in [-0.39, 0.29) is 22.8 Å². The van der Waals surface area contributed by atoms with Gasteiger partial charge in [0, 0.05) is 49.3 Å². The SMILES string of the molecule is COCN(c1cccc(-c2nn(C3CCN(C(=O)OC(C)(C)C)CC3)cc2-c2ccnc(NC(C)(C)C)c2)c1F)S(=O)(=O)c1cc(F)ccc1F. The summed E-state index contributed by atoms with van der Waals surface area (Å²) in [5.41, 5.74) is -0.0103. The van der Waals surface area contributed by atoms with Crippen molar-refractivity contribution >= 4 is 27.6 Å². The molecule has 0 aliphatic carbocycles. The van der Waals surface area contributed by atoms with Crippen LogP contribution in [0.2, 0.25) is 0 Å². The number of aromatic nitrogens is 3. The topological polar surface area (TPSA) is 119 Å². The molecule has 1 amide bonds. The highest BCUT2D eigenvalue weighted by Gasteiger charge is 2.33. The minimum atomic E-state index is -4.84. The van der Waals surface area contributed by atoms with Gasteiger partial charge in [-0.3, -0.25) is 4.68 Å². The molecule has 5 rings (SSSR count). The molecule has 3 heterocycles. The number of amides is 1. The molecule has 0 spiro atoms. The normalized spacial score (nSPS) is 14.4. The zero-order valence-corrected chi connectivity index (χ0v) is 30.5. The summed E-state index contributed by atoms with van der Waals surface area (Å²) in [6, 6.07) is 9.58. The molecule has 0 unspecified atom stereocenters. The second-order valence-corrected chi connectivity index (χ2v) is 16.2. The van der Waals surface area contributed by atoms with Gasteiger partial charge in [-0.25, -0.2) is 35.7 Å². The number of likely N-dealkylation sites (tertiary alicyclic amines) is 1. The Morgan fingerprint density at radius 2 is 1.71 bits per heavy atom. The molecule has 2 aromatic carbocycles. The average Bonchev–Trinajstić information content (AvgIpc) is 3.49. The predicted molar refractivity (Wildman–Crippen MR) is 188 cm³/mol. The van der Waals surface area contributed by atoms with E-state index < -0.39 is 56.5 Å². The summed E-state index contributed by atoms with van der Waals surface area (Å²) in [7, 11) is -3.64. The van der Waals surface area contributed by atoms with Gasteiger partial charge in [-0.15, -0.1) is 0 Å². The van der Waals surface area contributed by atoms with Crippen molar-refractivity contribution in [1.29, 1.82) is 0 Å². The molecule has 1 aliphatic heterocycles. The number of piperidine rings is 1. The van der Waals surface area contributed by atoms with Crippen molar-refractivity contribution in [1.82, 2.24) is 19.7 Å². The molecular formula is C36H43F3N6O5S. The van der Waals surface area contributed by atoms with Gasteiger partial charge in [0.2, 0.25) is 0 Å². The third-order valence-electron chi connectivity index (χ3n) is 8.01. The Labute approximate surface area is 296 Å². The molecule has 274 valence electrons. The van der Waals surface area contributed by atoms with E-state index in [1.54, 1.807) is 28.0 Å². The first-order valence-corrected chi connectivity index (χ1v) is 17.9. The number of benzene rings is 2. The smallest absolute Gasteiger partial charge is 0.410 e. The number of nitrogens with one attached hydrogen (secondary N) is 1. The van der Waals surface area contributed by atoms with Crippen molar-refractivity contribution in [2.75, 3.05) is 36.6 Å². The molecule has 0 atom stereocenters. The van der Waals surface area contributed by atoms with Gasteiger partial charge < -0.3 is 19.7 Å². The number of ether oxygens (including phenoxy) is 2. The molecule has 0 bridgehead atoms. The Morgan fingerprint density at radius 3 is 2.35 bits per heavy atom. The maximum absolute atomic E-state index is 16.8. The minimum Gasteiger partial charge on any atom is -0.444 e. The van der Waals surface area contributed by atoms with Crippen LogP contribution in [0.5, 0.6) is 0 Å². The van der Waals surface area contributed by atoms with Crippen LogP contribution < -0.4 is 9.62 Å². The number of methoxy groups -OCH3 is 1. The monoisotopic (exact) mass is 728 g/mol. The van der Waals surface area contributed by atoms with Gasteiger partial charge in [0.25, 0.3) is 10.0 Å². The van der Waals surface area contributed by atoms with Crippen LogP contribution >= 0.6 is 0 Å². The Balaban J connectivity index is 1.59. The molecule has 0 radical (unpaired) electrons. The molecule has 2 aromatic heterocycles. The Bertz CT molecular complexity index is 2000. The van der Waals surface area contributed by atoms with Gasteiger partial charge in [0.1, 0.15) is 40.4 Å². The summed E-state index contributed by atoms with van der Waals surface area (Å²) in [6.45, 7) is 11.5. The van der Waals surface area contributed by atoms with E-state index in [0.717, 1.165) is 6.07 Å². The van der Waals surface area contributed by atoms with E-state index in [9.17, 15) is 22.0 Å². The summed E-state index contributed by atoms with van der Waals surface area (Å²) in [5.74, 6) is -2.58. The van der Waals surface area contributed by atoms with Gasteiger partial charge in [-0.2, -0.15) is 5.10 Å². The highest BCUT2D eigenvalue weighted by molar-refractivity contribution is 7.92. The molecule has 4 aromatic rings. The Morgan fingerprint density at radius 1 is 1.00 bits per heavy atom. The van der Waals surface area contributed by atoms with E-state index in [2.05, 4.69) is 10.3 Å². The molecule has 11 nitrogen and oxygen atoms in total. The van der Waals surface area contributed by atoms with Gasteiger partial charge in [-0.1, -0.05) is 6.07 Å². The standard InChI is InChI=1S/C36H43F3N6O5S/c1-35(2,3)41-31-19-23(13-16-40-31)27-21-44(25-14-17-43(18-15-25)34(46)50-36(4,5)6)42-33(27)26-9-8-10-29(32(26)39)45(22-49-7)51(47,48)30-20-24(37)11-12-28(30)38/h8-13,16,19-21,25H,14-15,17-18,22H2,1-7H3,(H,40,41). The molecule has 1 aliphatic rings. The average molecular weight is 729 g/mol. The van der Waals surface area contributed by atoms with Crippen LogP contribution in [0.15, 0.2) is 65.8 Å². The third kappa shape index (κ3) is 8.64. The van der Waals surface area contributed by atoms with Gasteiger partial charge >= 0.3 is 6.09 Å². The first-order chi connectivity index (χ1) is 23.9. The van der Waals surface area contributed by atoms with E-state index in [1.807, 2.05) is 47.6 Å². The number of rotatable bonds is 9. The zero-order valence-electron chi connectivity index (χ0n) is 29.7. The van der Waals surface area contributed by atoms with E-state index in [1.165, 1.54) is 25.3 Å². The first kappa shape index (κ1) is 37.6. The fourth-order valence-corrected chi connectivity index (χ4v) is 7.21. The number of sulfonamides is 1. The van der Waals surface area contributed by atoms with Gasteiger partial charge in [0.05, 0.1) is 11.7 Å². The molecule has 1 fully saturated rings. The lowest BCUT2D eigenvalue weighted by Crippen LogP contribution is -2.42. The highest BCUT2D eigenvalue weighted by atomic mass is 32.2. The lowest BCUT2D eigenvalue weighted by molar-refractivity contribution is 0.0184. The summed E-state index contributed by atoms with van der Waals surface area (Å²) < 4.78 is 86.0. The second-order valence-electron chi connectivity index (χ2n) is 14.4. The van der Waals surface area contributed by atoms with Crippen molar-refractivity contribution < 1.29 is 35.9 Å². The molecule has 15 heteroatoms. The van der Waals surface area contributed by atoms with Crippen LogP contribution in [-0.2, 0) is 19.5 Å². The number of pyridine rings is 1. The van der Waals surface area contributed by atoms with Crippen molar-refractivity contribution in [3.8, 4) is 22.4 Å². The van der Waals surface area contributed by atoms with Crippen LogP contribution in [0.1, 0.15) is 60.4 Å². The molecule has 51 heavy (non-hydrogen) atoms. The predicted octanol–water partition coefficient (Wildman–Crippen LogP) is 7.61. The second kappa shape index (κ2) is 14.5. The zero-order chi connectivity index (χ0) is 37.3. The number of halogens is 3. The number of nitrogens with zero attached hydrogens (tertiary/aromatic N) is 5. The van der Waals surface area contributed by atoms with Gasteiger partial charge in [-0.05, 0) is 102 Å². The van der Waals surface area contributed by atoms with Crippen molar-refractivity contribution in [3.05, 3.63) is 78.4 Å². The first-order valence-electron chi connectivity index (χ1n) is 16.5. The van der Waals surface area contributed by atoms with Gasteiger partial charge in [0.15, 0.2) is 5.82 Å². The molecule has 0 saturated carbocycles. The maximum atomic E-state index is 16.8. The van der Waals surface area contributed by atoms with Crippen LogP contribution in [-0.4, -0.2) is 72.2 Å². The summed E-state index contributed by atoms with van der Waals surface area (Å²) in [6.07, 6.45) is 4.13. The molecular weight excluding hydrogens is 685 g/mol. The number of carbonyl (C=O) groups is 1. The number of carbonyl (C=O) groups excluding carboxylic acids is 1. The number of anilines is 2. The van der Waals surface area contributed by atoms with Crippen LogP contribution in [0.25, 0.3) is 22.4 Å². The van der Waals surface area contributed by atoms with E-state index in [0.29, 0.717) is 59.3 Å². The highest BCUT2D eigenvalue weighted by Crippen LogP contribution is 2.39. The third-order valence-corrected chi connectivity index (χ3v) is 9.76. The lowest BCUT2D eigenvalue weighted by Gasteiger charge is -2.33. The summed E-state index contributed by atoms with van der Waals surface area (Å²) >= 11 is 0. The largest absolute Gasteiger partial charge is 0.444 e. The van der Waals surface area contributed by atoms with Crippen molar-refractivity contribution in [2.45, 2.75) is 76.5 Å². The number of hydrogen-bond donors (Lipinski definition) is 1. The maximum Gasteiger partial charge on any atom is 0.410 e. The van der Waals surface area contributed by atoms with E-state index in [4.69, 9.17) is 14.6 Å². The Hall–Kier alpha value is -4.63. The fourth-order valence-electron chi connectivity index (χ4n) is 5.75. The molecule has 1 N–H and O–H groups in total. The lowest BCUT2D eigenvalue weighted by atomic mass is 10.0. The fraction of sp³-hybridized carbons (Fsp3) is 0.417. The number of hydrogen-bond acceptors (Lipinski definition) is 8.